The summed E-state index contributed by atoms with van der Waals surface area (Å²) in [4.78, 5) is 16.3. The molecule has 120 valence electrons. The Morgan fingerprint density at radius 2 is 1.71 bits per heavy atom. The van der Waals surface area contributed by atoms with E-state index in [4.69, 9.17) is 11.6 Å². The molecule has 0 unspecified atom stereocenters. The maximum Gasteiger partial charge on any atom is 0.250 e. The van der Waals surface area contributed by atoms with E-state index >= 15 is 0 Å². The molecule has 1 aromatic heterocycles. The lowest BCUT2D eigenvalue weighted by molar-refractivity contribution is -0.112. The van der Waals surface area contributed by atoms with Crippen LogP contribution in [0.1, 0.15) is 6.92 Å². The summed E-state index contributed by atoms with van der Waals surface area (Å²) in [5.41, 5.74) is 4.16. The number of carbonyl (C=O) groups excluding carboxylic acids is 1. The summed E-state index contributed by atoms with van der Waals surface area (Å²) in [6.07, 6.45) is 0. The number of halogens is 1. The molecule has 5 heteroatoms. The highest BCUT2D eigenvalue weighted by molar-refractivity contribution is 7.13. The average molecular weight is 355 g/mol. The minimum Gasteiger partial charge on any atom is -0.322 e. The monoisotopic (exact) mass is 354 g/mol. The van der Waals surface area contributed by atoms with Gasteiger partial charge in [-0.25, -0.2) is 4.98 Å². The van der Waals surface area contributed by atoms with Gasteiger partial charge in [0.25, 0.3) is 5.91 Å². The molecule has 0 aliphatic carbocycles. The summed E-state index contributed by atoms with van der Waals surface area (Å²) in [5.74, 6) is -0.179. The van der Waals surface area contributed by atoms with Gasteiger partial charge >= 0.3 is 0 Å². The summed E-state index contributed by atoms with van der Waals surface area (Å²) in [6, 6.07) is 15.2. The summed E-state index contributed by atoms with van der Waals surface area (Å²) >= 11 is 7.50. The first-order valence-corrected chi connectivity index (χ1v) is 8.57. The number of hydrogen-bond donors (Lipinski definition) is 1. The molecule has 0 radical (unpaired) electrons. The number of carbonyl (C=O) groups is 1. The Bertz CT molecular complexity index is 882. The normalized spacial score (nSPS) is 10.4. The van der Waals surface area contributed by atoms with E-state index in [-0.39, 0.29) is 5.91 Å². The summed E-state index contributed by atoms with van der Waals surface area (Å²) in [5, 5.41) is 6.46. The third-order valence-electron chi connectivity index (χ3n) is 3.42. The van der Waals surface area contributed by atoms with Crippen molar-refractivity contribution < 1.29 is 4.79 Å². The third-order valence-corrected chi connectivity index (χ3v) is 4.56. The Balaban J connectivity index is 1.79. The van der Waals surface area contributed by atoms with E-state index in [1.54, 1.807) is 18.3 Å². The predicted octanol–water partition coefficient (Wildman–Crippen LogP) is 5.65. The van der Waals surface area contributed by atoms with Crippen LogP contribution in [0.5, 0.6) is 0 Å². The fraction of sp³-hybridized carbons (Fsp3) is 0.0526. The molecular weight excluding hydrogens is 340 g/mol. The van der Waals surface area contributed by atoms with Crippen LogP contribution < -0.4 is 5.32 Å². The Kier molecular flexibility index (Phi) is 4.79. The van der Waals surface area contributed by atoms with E-state index in [1.165, 1.54) is 0 Å². The van der Waals surface area contributed by atoms with E-state index in [2.05, 4.69) is 16.9 Å². The molecule has 0 spiro atoms. The first-order chi connectivity index (χ1) is 11.5. The number of hydrogen-bond acceptors (Lipinski definition) is 3. The van der Waals surface area contributed by atoms with Crippen LogP contribution in [0.25, 0.3) is 21.8 Å². The molecule has 24 heavy (non-hydrogen) atoms. The van der Waals surface area contributed by atoms with Crippen LogP contribution in [-0.4, -0.2) is 10.9 Å². The summed E-state index contributed by atoms with van der Waals surface area (Å²) in [6.45, 7) is 5.30. The second kappa shape index (κ2) is 6.99. The maximum absolute atomic E-state index is 11.6. The molecule has 1 heterocycles. The largest absolute Gasteiger partial charge is 0.322 e. The second-order valence-electron chi connectivity index (χ2n) is 5.36. The highest BCUT2D eigenvalue weighted by Gasteiger charge is 2.08. The van der Waals surface area contributed by atoms with Crippen LogP contribution in [0.2, 0.25) is 5.02 Å². The van der Waals surface area contributed by atoms with Crippen LogP contribution >= 0.6 is 22.9 Å². The topological polar surface area (TPSA) is 42.0 Å². The quantitative estimate of drug-likeness (QED) is 0.615. The lowest BCUT2D eigenvalue weighted by atomic mass is 10.1. The van der Waals surface area contributed by atoms with E-state index in [9.17, 15) is 4.79 Å². The Labute approximate surface area is 149 Å². The number of benzene rings is 2. The molecule has 3 rings (SSSR count). The molecule has 0 saturated carbocycles. The molecule has 0 aliphatic heterocycles. The maximum atomic E-state index is 11.6. The molecule has 0 saturated heterocycles. The van der Waals surface area contributed by atoms with Crippen LogP contribution in [0.4, 0.5) is 5.69 Å². The van der Waals surface area contributed by atoms with Gasteiger partial charge in [-0.2, -0.15) is 0 Å². The summed E-state index contributed by atoms with van der Waals surface area (Å²) in [7, 11) is 0. The van der Waals surface area contributed by atoms with Gasteiger partial charge in [-0.3, -0.25) is 4.79 Å². The average Bonchev–Trinajstić information content (AvgIpc) is 3.06. The molecule has 1 N–H and O–H groups in total. The van der Waals surface area contributed by atoms with Crippen molar-refractivity contribution in [3.63, 3.8) is 0 Å². The van der Waals surface area contributed by atoms with Crippen LogP contribution in [0.3, 0.4) is 0 Å². The molecular formula is C19H15ClN2OS. The fourth-order valence-corrected chi connectivity index (χ4v) is 3.05. The van der Waals surface area contributed by atoms with Crippen molar-refractivity contribution in [2.24, 2.45) is 0 Å². The Hall–Kier alpha value is -2.43. The lowest BCUT2D eigenvalue weighted by Crippen LogP contribution is -2.11. The van der Waals surface area contributed by atoms with Gasteiger partial charge in [0.15, 0.2) is 0 Å². The van der Waals surface area contributed by atoms with Gasteiger partial charge in [0, 0.05) is 32.8 Å². The zero-order valence-corrected chi connectivity index (χ0v) is 14.6. The first-order valence-electron chi connectivity index (χ1n) is 7.32. The molecule has 0 bridgehead atoms. The van der Waals surface area contributed by atoms with Crippen molar-refractivity contribution in [1.82, 2.24) is 4.98 Å². The molecule has 0 atom stereocenters. The Morgan fingerprint density at radius 3 is 2.33 bits per heavy atom. The molecule has 1 amide bonds. The smallest absolute Gasteiger partial charge is 0.250 e. The second-order valence-corrected chi connectivity index (χ2v) is 6.65. The molecule has 2 aromatic carbocycles. The molecule has 0 fully saturated rings. The number of nitrogens with one attached hydrogen (secondary N) is 1. The van der Waals surface area contributed by atoms with Crippen molar-refractivity contribution >= 4 is 34.5 Å². The van der Waals surface area contributed by atoms with Crippen molar-refractivity contribution in [2.75, 3.05) is 5.32 Å². The van der Waals surface area contributed by atoms with Gasteiger partial charge in [-0.05, 0) is 31.2 Å². The number of amides is 1. The van der Waals surface area contributed by atoms with Crippen LogP contribution in [0.15, 0.2) is 66.1 Å². The number of anilines is 1. The van der Waals surface area contributed by atoms with E-state index in [1.807, 2.05) is 53.9 Å². The molecule has 3 aromatic rings. The highest BCUT2D eigenvalue weighted by Crippen LogP contribution is 2.30. The Morgan fingerprint density at radius 1 is 1.08 bits per heavy atom. The number of nitrogens with zero attached hydrogens (tertiary/aromatic N) is 1. The number of thiazole rings is 1. The third kappa shape index (κ3) is 3.72. The van der Waals surface area contributed by atoms with Crippen LogP contribution in [-0.2, 0) is 4.79 Å². The predicted molar refractivity (Wildman–Crippen MR) is 101 cm³/mol. The molecule has 0 aliphatic rings. The van der Waals surface area contributed by atoms with Crippen molar-refractivity contribution in [2.45, 2.75) is 6.92 Å². The minimum atomic E-state index is -0.179. The van der Waals surface area contributed by atoms with Crippen molar-refractivity contribution in [1.29, 1.82) is 0 Å². The van der Waals surface area contributed by atoms with Gasteiger partial charge in [0.2, 0.25) is 0 Å². The van der Waals surface area contributed by atoms with Gasteiger partial charge in [0.1, 0.15) is 5.01 Å². The van der Waals surface area contributed by atoms with E-state index in [0.29, 0.717) is 10.6 Å². The number of rotatable bonds is 4. The van der Waals surface area contributed by atoms with Crippen molar-refractivity contribution in [3.8, 4) is 21.8 Å². The van der Waals surface area contributed by atoms with Gasteiger partial charge in [-0.1, -0.05) is 42.4 Å². The van der Waals surface area contributed by atoms with Gasteiger partial charge in [-0.15, -0.1) is 11.3 Å². The SMILES string of the molecule is C=C(C)C(=O)Nc1ccc(-c2csc(-c3ccc(Cl)cc3)n2)cc1. The van der Waals surface area contributed by atoms with E-state index in [0.717, 1.165) is 27.5 Å². The van der Waals surface area contributed by atoms with Crippen molar-refractivity contribution in [3.05, 3.63) is 71.1 Å². The lowest BCUT2D eigenvalue weighted by Gasteiger charge is -2.05. The highest BCUT2D eigenvalue weighted by atomic mass is 35.5. The van der Waals surface area contributed by atoms with Gasteiger partial charge in [0.05, 0.1) is 5.69 Å². The number of aromatic nitrogens is 1. The molecule has 3 nitrogen and oxygen atoms in total. The van der Waals surface area contributed by atoms with Crippen LogP contribution in [0, 0.1) is 0 Å². The minimum absolute atomic E-state index is 0.179. The zero-order chi connectivity index (χ0) is 17.1. The van der Waals surface area contributed by atoms with Gasteiger partial charge < -0.3 is 5.32 Å². The van der Waals surface area contributed by atoms with E-state index < -0.39 is 0 Å². The first kappa shape index (κ1) is 16.4. The zero-order valence-electron chi connectivity index (χ0n) is 13.0. The fourth-order valence-electron chi connectivity index (χ4n) is 2.09. The summed E-state index contributed by atoms with van der Waals surface area (Å²) < 4.78 is 0. The standard InChI is InChI=1S/C19H15ClN2OS/c1-12(2)18(23)21-16-9-5-13(6-10-16)17-11-24-19(22-17)14-3-7-15(20)8-4-14/h3-11H,1H2,2H3,(H,21,23).